The van der Waals surface area contributed by atoms with Crippen LogP contribution in [0, 0.1) is 0 Å². The van der Waals surface area contributed by atoms with Crippen LogP contribution in [0.15, 0.2) is 54.1 Å². The molecule has 2 aromatic carbocycles. The maximum absolute atomic E-state index is 12.7. The van der Waals surface area contributed by atoms with Gasteiger partial charge < -0.3 is 15.6 Å². The van der Waals surface area contributed by atoms with Gasteiger partial charge in [0.25, 0.3) is 17.7 Å². The summed E-state index contributed by atoms with van der Waals surface area (Å²) < 4.78 is 5.14. The Bertz CT molecular complexity index is 980. The molecule has 0 spiro atoms. The van der Waals surface area contributed by atoms with E-state index in [1.54, 1.807) is 24.3 Å². The maximum Gasteiger partial charge on any atom is 0.335 e. The van der Waals surface area contributed by atoms with E-state index >= 15 is 0 Å². The highest BCUT2D eigenvalue weighted by molar-refractivity contribution is 6.39. The van der Waals surface area contributed by atoms with Gasteiger partial charge in [0.05, 0.1) is 5.69 Å². The fraction of sp³-hybridized carbons (Fsp3) is 0.0526. The van der Waals surface area contributed by atoms with Crippen molar-refractivity contribution in [3.8, 4) is 11.5 Å². The highest BCUT2D eigenvalue weighted by Crippen LogP contribution is 2.24. The molecule has 142 valence electrons. The Kier molecular flexibility index (Phi) is 5.07. The lowest BCUT2D eigenvalue weighted by Gasteiger charge is -2.26. The largest absolute Gasteiger partial charge is 0.508 e. The van der Waals surface area contributed by atoms with Crippen LogP contribution in [0.25, 0.3) is 6.08 Å². The normalized spacial score (nSPS) is 15.5. The van der Waals surface area contributed by atoms with Gasteiger partial charge in [-0.1, -0.05) is 12.1 Å². The number of imide groups is 2. The van der Waals surface area contributed by atoms with Crippen molar-refractivity contribution >= 4 is 35.5 Å². The Hall–Kier alpha value is -4.14. The minimum Gasteiger partial charge on any atom is -0.508 e. The number of rotatable bonds is 5. The van der Waals surface area contributed by atoms with Crippen molar-refractivity contribution in [3.63, 3.8) is 0 Å². The molecule has 1 heterocycles. The number of primary amides is 1. The number of nitrogens with two attached hydrogens (primary N) is 1. The van der Waals surface area contributed by atoms with E-state index in [1.807, 2.05) is 0 Å². The molecule has 9 heteroatoms. The molecule has 3 rings (SSSR count). The second kappa shape index (κ2) is 7.62. The first-order valence-corrected chi connectivity index (χ1v) is 8.07. The van der Waals surface area contributed by atoms with Gasteiger partial charge in [0.15, 0.2) is 6.61 Å². The quantitative estimate of drug-likeness (QED) is 0.520. The summed E-state index contributed by atoms with van der Waals surface area (Å²) in [5.41, 5.74) is 5.47. The first kappa shape index (κ1) is 18.6. The molecule has 0 bridgehead atoms. The summed E-state index contributed by atoms with van der Waals surface area (Å²) in [5.74, 6) is -1.87. The smallest absolute Gasteiger partial charge is 0.335 e. The monoisotopic (exact) mass is 381 g/mol. The van der Waals surface area contributed by atoms with Crippen molar-refractivity contribution < 1.29 is 29.0 Å². The molecule has 1 saturated heterocycles. The van der Waals surface area contributed by atoms with E-state index in [1.165, 1.54) is 30.3 Å². The first-order valence-electron chi connectivity index (χ1n) is 8.07. The van der Waals surface area contributed by atoms with Gasteiger partial charge in [-0.05, 0) is 48.0 Å². The van der Waals surface area contributed by atoms with Crippen LogP contribution in [0.2, 0.25) is 0 Å². The Morgan fingerprint density at radius 1 is 1.07 bits per heavy atom. The van der Waals surface area contributed by atoms with E-state index in [2.05, 4.69) is 5.32 Å². The molecule has 0 aromatic heterocycles. The van der Waals surface area contributed by atoms with Gasteiger partial charge in [0.1, 0.15) is 17.1 Å². The average molecular weight is 381 g/mol. The average Bonchev–Trinajstić information content (AvgIpc) is 2.66. The SMILES string of the molecule is NC(=O)COc1ccc(/C=C2\C(=O)NC(=O)N(c3ccc(O)cc3)C2=O)cc1. The number of aromatic hydroxyl groups is 1. The minimum absolute atomic E-state index is 0.0286. The summed E-state index contributed by atoms with van der Waals surface area (Å²) in [6.07, 6.45) is 1.33. The van der Waals surface area contributed by atoms with E-state index in [-0.39, 0.29) is 23.6 Å². The first-order chi connectivity index (χ1) is 13.3. The van der Waals surface area contributed by atoms with Crippen LogP contribution in [0.4, 0.5) is 10.5 Å². The summed E-state index contributed by atoms with van der Waals surface area (Å²) in [4.78, 5) is 48.5. The van der Waals surface area contributed by atoms with Crippen molar-refractivity contribution in [1.29, 1.82) is 0 Å². The van der Waals surface area contributed by atoms with Gasteiger partial charge in [-0.2, -0.15) is 0 Å². The molecule has 5 amide bonds. The molecule has 1 fully saturated rings. The second-order valence-electron chi connectivity index (χ2n) is 5.80. The van der Waals surface area contributed by atoms with Crippen molar-refractivity contribution in [2.24, 2.45) is 5.73 Å². The van der Waals surface area contributed by atoms with Crippen LogP contribution in [-0.2, 0) is 14.4 Å². The standard InChI is InChI=1S/C19H15N3O6/c20-16(24)10-28-14-7-1-11(2-8-14)9-15-17(25)21-19(27)22(18(15)26)12-3-5-13(23)6-4-12/h1-9,23H,10H2,(H2,20,24)(H,21,25,27)/b15-9+. The predicted molar refractivity (Wildman–Crippen MR) is 98.2 cm³/mol. The van der Waals surface area contributed by atoms with Gasteiger partial charge in [-0.15, -0.1) is 0 Å². The number of carbonyl (C=O) groups excluding carboxylic acids is 4. The van der Waals surface area contributed by atoms with Crippen LogP contribution in [0.3, 0.4) is 0 Å². The molecule has 4 N–H and O–H groups in total. The molecule has 0 saturated carbocycles. The molecule has 28 heavy (non-hydrogen) atoms. The van der Waals surface area contributed by atoms with Crippen LogP contribution >= 0.6 is 0 Å². The van der Waals surface area contributed by atoms with Gasteiger partial charge in [-0.3, -0.25) is 19.7 Å². The molecule has 0 unspecified atom stereocenters. The number of phenolic OH excluding ortho intramolecular Hbond substituents is 1. The van der Waals surface area contributed by atoms with E-state index in [0.717, 1.165) is 4.90 Å². The molecule has 0 aliphatic carbocycles. The number of phenols is 1. The Morgan fingerprint density at radius 2 is 1.71 bits per heavy atom. The number of urea groups is 1. The molecular formula is C19H15N3O6. The summed E-state index contributed by atoms with van der Waals surface area (Å²) in [7, 11) is 0. The molecule has 9 nitrogen and oxygen atoms in total. The molecule has 2 aromatic rings. The van der Waals surface area contributed by atoms with E-state index in [4.69, 9.17) is 10.5 Å². The summed E-state index contributed by atoms with van der Waals surface area (Å²) >= 11 is 0. The zero-order chi connectivity index (χ0) is 20.3. The molecule has 0 atom stereocenters. The van der Waals surface area contributed by atoms with Gasteiger partial charge >= 0.3 is 6.03 Å². The number of carbonyl (C=O) groups is 4. The van der Waals surface area contributed by atoms with E-state index in [9.17, 15) is 24.3 Å². The zero-order valence-electron chi connectivity index (χ0n) is 14.4. The molecular weight excluding hydrogens is 366 g/mol. The van der Waals surface area contributed by atoms with Gasteiger partial charge in [0.2, 0.25) is 0 Å². The third kappa shape index (κ3) is 3.98. The van der Waals surface area contributed by atoms with Crippen LogP contribution in [0.5, 0.6) is 11.5 Å². The predicted octanol–water partition coefficient (Wildman–Crippen LogP) is 0.923. The van der Waals surface area contributed by atoms with Gasteiger partial charge in [0, 0.05) is 0 Å². The lowest BCUT2D eigenvalue weighted by Crippen LogP contribution is -2.54. The number of ether oxygens (including phenoxy) is 1. The number of barbiturate groups is 1. The summed E-state index contributed by atoms with van der Waals surface area (Å²) in [6, 6.07) is 10.8. The van der Waals surface area contributed by atoms with Crippen LogP contribution in [-0.4, -0.2) is 35.5 Å². The van der Waals surface area contributed by atoms with E-state index in [0.29, 0.717) is 11.3 Å². The van der Waals surface area contributed by atoms with Crippen LogP contribution in [0.1, 0.15) is 5.56 Å². The van der Waals surface area contributed by atoms with Crippen molar-refractivity contribution in [1.82, 2.24) is 5.32 Å². The Morgan fingerprint density at radius 3 is 2.32 bits per heavy atom. The Balaban J connectivity index is 1.86. The summed E-state index contributed by atoms with van der Waals surface area (Å²) in [5, 5.41) is 11.5. The minimum atomic E-state index is -0.881. The fourth-order valence-corrected chi connectivity index (χ4v) is 2.48. The number of benzene rings is 2. The highest BCUT2D eigenvalue weighted by Gasteiger charge is 2.36. The number of anilines is 1. The third-order valence-electron chi connectivity index (χ3n) is 3.78. The molecule has 1 aliphatic heterocycles. The second-order valence-corrected chi connectivity index (χ2v) is 5.80. The van der Waals surface area contributed by atoms with Crippen molar-refractivity contribution in [2.75, 3.05) is 11.5 Å². The lowest BCUT2D eigenvalue weighted by atomic mass is 10.1. The van der Waals surface area contributed by atoms with Crippen molar-refractivity contribution in [3.05, 3.63) is 59.7 Å². The zero-order valence-corrected chi connectivity index (χ0v) is 14.4. The maximum atomic E-state index is 12.7. The van der Waals surface area contributed by atoms with Crippen molar-refractivity contribution in [2.45, 2.75) is 0 Å². The number of hydrogen-bond acceptors (Lipinski definition) is 6. The number of nitrogens with zero attached hydrogens (tertiary/aromatic N) is 1. The number of nitrogens with one attached hydrogen (secondary N) is 1. The molecule has 1 aliphatic rings. The third-order valence-corrected chi connectivity index (χ3v) is 3.78. The van der Waals surface area contributed by atoms with Gasteiger partial charge in [-0.25, -0.2) is 9.69 Å². The number of hydrogen-bond donors (Lipinski definition) is 3. The number of amides is 5. The topological polar surface area (TPSA) is 139 Å². The van der Waals surface area contributed by atoms with E-state index < -0.39 is 23.8 Å². The fourth-order valence-electron chi connectivity index (χ4n) is 2.48. The lowest BCUT2D eigenvalue weighted by molar-refractivity contribution is -0.123. The highest BCUT2D eigenvalue weighted by atomic mass is 16.5. The molecule has 0 radical (unpaired) electrons. The summed E-state index contributed by atoms with van der Waals surface area (Å²) in [6.45, 7) is -0.273. The van der Waals surface area contributed by atoms with Crippen LogP contribution < -0.4 is 20.7 Å². The Labute approximate surface area is 159 Å².